The summed E-state index contributed by atoms with van der Waals surface area (Å²) in [5.41, 5.74) is -2.17. The quantitative estimate of drug-likeness (QED) is 0.623. The van der Waals surface area contributed by atoms with Crippen LogP contribution in [0.2, 0.25) is 0 Å². The Morgan fingerprint density at radius 1 is 0.958 bits per heavy atom. The van der Waals surface area contributed by atoms with Crippen molar-refractivity contribution in [2.75, 3.05) is 13.7 Å². The van der Waals surface area contributed by atoms with Gasteiger partial charge in [-0.2, -0.15) is 30.7 Å². The van der Waals surface area contributed by atoms with Gasteiger partial charge in [0.2, 0.25) is 0 Å². The van der Waals surface area contributed by atoms with Crippen LogP contribution < -0.4 is 4.74 Å². The molecule has 1 rings (SSSR count). The Kier molecular flexibility index (Phi) is 5.80. The van der Waals surface area contributed by atoms with Crippen LogP contribution in [-0.4, -0.2) is 31.7 Å². The van der Waals surface area contributed by atoms with E-state index in [9.17, 15) is 30.7 Å². The molecule has 0 aliphatic rings. The number of methoxy groups -OCH3 is 1. The van der Waals surface area contributed by atoms with Crippen molar-refractivity contribution in [1.82, 2.24) is 0 Å². The second kappa shape index (κ2) is 6.78. The third-order valence-electron chi connectivity index (χ3n) is 3.58. The molecule has 0 bridgehead atoms. The van der Waals surface area contributed by atoms with Gasteiger partial charge >= 0.3 is 18.0 Å². The van der Waals surface area contributed by atoms with E-state index in [0.717, 1.165) is 14.0 Å². The predicted octanol–water partition coefficient (Wildman–Crippen LogP) is 5.17. The first kappa shape index (κ1) is 20.5. The minimum atomic E-state index is -6.38. The maximum absolute atomic E-state index is 13.8. The van der Waals surface area contributed by atoms with Crippen LogP contribution in [0.5, 0.6) is 5.75 Å². The van der Waals surface area contributed by atoms with Gasteiger partial charge in [0.25, 0.3) is 0 Å². The molecule has 24 heavy (non-hydrogen) atoms. The zero-order chi connectivity index (χ0) is 18.8. The van der Waals surface area contributed by atoms with Gasteiger partial charge in [-0.05, 0) is 19.9 Å². The standard InChI is InChI=1S/C15H17F7O2/c1-4-24-11-8-6-5-7-10(11)12(2,23-3)9-13(16,17)14(18,19)15(20,21)22/h5-8H,4,9H2,1-3H3. The molecular formula is C15H17F7O2. The largest absolute Gasteiger partial charge is 0.493 e. The molecule has 0 radical (unpaired) electrons. The Balaban J connectivity index is 3.31. The summed E-state index contributed by atoms with van der Waals surface area (Å²) in [6, 6.07) is 5.58. The van der Waals surface area contributed by atoms with Crippen LogP contribution >= 0.6 is 0 Å². The number of benzene rings is 1. The lowest BCUT2D eigenvalue weighted by molar-refractivity contribution is -0.362. The molecule has 0 fully saturated rings. The van der Waals surface area contributed by atoms with E-state index in [0.29, 0.717) is 0 Å². The van der Waals surface area contributed by atoms with Crippen molar-refractivity contribution in [3.63, 3.8) is 0 Å². The van der Waals surface area contributed by atoms with Crippen LogP contribution in [-0.2, 0) is 10.3 Å². The van der Waals surface area contributed by atoms with E-state index in [-0.39, 0.29) is 17.9 Å². The van der Waals surface area contributed by atoms with E-state index in [4.69, 9.17) is 9.47 Å². The third-order valence-corrected chi connectivity index (χ3v) is 3.58. The summed E-state index contributed by atoms with van der Waals surface area (Å²) in [6.07, 6.45) is -8.27. The van der Waals surface area contributed by atoms with Gasteiger partial charge in [0.15, 0.2) is 0 Å². The first-order valence-electron chi connectivity index (χ1n) is 6.92. The highest BCUT2D eigenvalue weighted by Gasteiger charge is 2.73. The number of ether oxygens (including phenoxy) is 2. The predicted molar refractivity (Wildman–Crippen MR) is 72.5 cm³/mol. The lowest BCUT2D eigenvalue weighted by Gasteiger charge is -2.36. The smallest absolute Gasteiger partial charge is 0.459 e. The zero-order valence-corrected chi connectivity index (χ0v) is 13.2. The lowest BCUT2D eigenvalue weighted by Crippen LogP contribution is -2.54. The summed E-state index contributed by atoms with van der Waals surface area (Å²) in [5.74, 6) is -11.5. The summed E-state index contributed by atoms with van der Waals surface area (Å²) in [6.45, 7) is 2.75. The van der Waals surface area contributed by atoms with Crippen LogP contribution in [0.4, 0.5) is 30.7 Å². The second-order valence-corrected chi connectivity index (χ2v) is 5.32. The summed E-state index contributed by atoms with van der Waals surface area (Å²) >= 11 is 0. The van der Waals surface area contributed by atoms with Crippen molar-refractivity contribution < 1.29 is 40.2 Å². The van der Waals surface area contributed by atoms with Crippen LogP contribution in [0, 0.1) is 0 Å². The van der Waals surface area contributed by atoms with Gasteiger partial charge in [0, 0.05) is 12.7 Å². The SMILES string of the molecule is CCOc1ccccc1C(C)(CC(F)(F)C(F)(F)C(F)(F)F)OC. The zero-order valence-electron chi connectivity index (χ0n) is 13.2. The first-order chi connectivity index (χ1) is 10.8. The summed E-state index contributed by atoms with van der Waals surface area (Å²) < 4.78 is 101. The molecule has 0 heterocycles. The topological polar surface area (TPSA) is 18.5 Å². The molecule has 1 atom stereocenters. The van der Waals surface area contributed by atoms with Crippen molar-refractivity contribution in [1.29, 1.82) is 0 Å². The molecule has 1 aromatic carbocycles. The molecule has 0 saturated carbocycles. The van der Waals surface area contributed by atoms with E-state index in [1.54, 1.807) is 6.92 Å². The van der Waals surface area contributed by atoms with Gasteiger partial charge in [0.05, 0.1) is 18.6 Å². The van der Waals surface area contributed by atoms with E-state index >= 15 is 0 Å². The number of alkyl halides is 7. The molecule has 1 aromatic rings. The van der Waals surface area contributed by atoms with Crippen molar-refractivity contribution in [2.45, 2.75) is 43.9 Å². The average molecular weight is 362 g/mol. The summed E-state index contributed by atoms with van der Waals surface area (Å²) in [7, 11) is 0.949. The van der Waals surface area contributed by atoms with Crippen LogP contribution in [0.3, 0.4) is 0 Å². The maximum atomic E-state index is 13.8. The van der Waals surface area contributed by atoms with Gasteiger partial charge in [-0.1, -0.05) is 18.2 Å². The van der Waals surface area contributed by atoms with Crippen molar-refractivity contribution in [3.05, 3.63) is 29.8 Å². The normalized spacial score (nSPS) is 15.9. The number of hydrogen-bond acceptors (Lipinski definition) is 2. The van der Waals surface area contributed by atoms with E-state index in [2.05, 4.69) is 0 Å². The van der Waals surface area contributed by atoms with E-state index in [1.165, 1.54) is 24.3 Å². The van der Waals surface area contributed by atoms with Crippen molar-refractivity contribution in [2.24, 2.45) is 0 Å². The molecule has 0 aliphatic heterocycles. The minimum absolute atomic E-state index is 0.0491. The van der Waals surface area contributed by atoms with Gasteiger partial charge in [-0.15, -0.1) is 0 Å². The molecule has 0 N–H and O–H groups in total. The third kappa shape index (κ3) is 3.76. The molecule has 0 spiro atoms. The Morgan fingerprint density at radius 3 is 1.96 bits per heavy atom. The molecule has 1 unspecified atom stereocenters. The fourth-order valence-corrected chi connectivity index (χ4v) is 2.20. The molecule has 0 saturated heterocycles. The average Bonchev–Trinajstić information content (AvgIpc) is 2.46. The number of para-hydroxylation sites is 1. The van der Waals surface area contributed by atoms with Crippen molar-refractivity contribution >= 4 is 0 Å². The highest BCUT2D eigenvalue weighted by Crippen LogP contribution is 2.52. The van der Waals surface area contributed by atoms with Gasteiger partial charge < -0.3 is 9.47 Å². The highest BCUT2D eigenvalue weighted by molar-refractivity contribution is 5.38. The Morgan fingerprint density at radius 2 is 1.50 bits per heavy atom. The maximum Gasteiger partial charge on any atom is 0.459 e. The molecule has 2 nitrogen and oxygen atoms in total. The lowest BCUT2D eigenvalue weighted by atomic mass is 9.86. The van der Waals surface area contributed by atoms with Crippen LogP contribution in [0.1, 0.15) is 25.8 Å². The number of hydrogen-bond donors (Lipinski definition) is 0. The Labute approximate surface area is 134 Å². The van der Waals surface area contributed by atoms with E-state index < -0.39 is 30.0 Å². The highest BCUT2D eigenvalue weighted by atomic mass is 19.4. The van der Waals surface area contributed by atoms with Gasteiger partial charge in [-0.25, -0.2) is 0 Å². The Bertz CT molecular complexity index is 557. The fourth-order valence-electron chi connectivity index (χ4n) is 2.20. The summed E-state index contributed by atoms with van der Waals surface area (Å²) in [4.78, 5) is 0. The minimum Gasteiger partial charge on any atom is -0.493 e. The molecule has 0 aliphatic carbocycles. The fraction of sp³-hybridized carbons (Fsp3) is 0.600. The number of halogens is 7. The molecule has 0 aromatic heterocycles. The second-order valence-electron chi connectivity index (χ2n) is 5.32. The van der Waals surface area contributed by atoms with E-state index in [1.807, 2.05) is 0 Å². The molecular weight excluding hydrogens is 345 g/mol. The molecule has 138 valence electrons. The first-order valence-corrected chi connectivity index (χ1v) is 6.92. The monoisotopic (exact) mass is 362 g/mol. The Hall–Kier alpha value is -1.51. The van der Waals surface area contributed by atoms with Crippen molar-refractivity contribution in [3.8, 4) is 5.75 Å². The van der Waals surface area contributed by atoms with Crippen LogP contribution in [0.25, 0.3) is 0 Å². The van der Waals surface area contributed by atoms with Gasteiger partial charge in [-0.3, -0.25) is 0 Å². The summed E-state index contributed by atoms with van der Waals surface area (Å²) in [5, 5.41) is 0. The molecule has 0 amide bonds. The number of rotatable bonds is 7. The van der Waals surface area contributed by atoms with Gasteiger partial charge in [0.1, 0.15) is 5.75 Å². The molecule has 9 heteroatoms. The van der Waals surface area contributed by atoms with Crippen LogP contribution in [0.15, 0.2) is 24.3 Å².